The van der Waals surface area contributed by atoms with Crippen molar-refractivity contribution >= 4 is 27.5 Å². The minimum atomic E-state index is -0.302. The van der Waals surface area contributed by atoms with Gasteiger partial charge in [0.2, 0.25) is 5.91 Å². The van der Waals surface area contributed by atoms with Crippen molar-refractivity contribution in [3.8, 4) is 0 Å². The Labute approximate surface area is 160 Å². The molecular weight excluding hydrogens is 366 g/mol. The van der Waals surface area contributed by atoms with Crippen LogP contribution >= 0.6 is 11.3 Å². The molecular formula is C17H23N7O2S. The fourth-order valence-corrected chi connectivity index (χ4v) is 3.42. The summed E-state index contributed by atoms with van der Waals surface area (Å²) in [5.74, 6) is 1.61. The maximum atomic E-state index is 12.6. The van der Waals surface area contributed by atoms with E-state index in [1.165, 1.54) is 16.2 Å². The van der Waals surface area contributed by atoms with Crippen molar-refractivity contribution in [1.82, 2.24) is 29.6 Å². The molecule has 0 aromatic carbocycles. The number of thiophene rings is 1. The van der Waals surface area contributed by atoms with Crippen LogP contribution in [0, 0.1) is 12.8 Å². The molecule has 0 saturated heterocycles. The molecule has 0 aliphatic heterocycles. The van der Waals surface area contributed by atoms with E-state index in [0.29, 0.717) is 27.7 Å². The highest BCUT2D eigenvalue weighted by atomic mass is 32.1. The molecule has 0 bridgehead atoms. The fraction of sp³-hybridized carbons (Fsp3) is 0.471. The van der Waals surface area contributed by atoms with Gasteiger partial charge in [0.15, 0.2) is 0 Å². The molecule has 10 heteroatoms. The zero-order valence-electron chi connectivity index (χ0n) is 15.8. The van der Waals surface area contributed by atoms with Crippen LogP contribution in [-0.4, -0.2) is 42.6 Å². The number of aromatic nitrogens is 5. The molecule has 3 aromatic heterocycles. The van der Waals surface area contributed by atoms with Crippen LogP contribution in [0.4, 0.5) is 0 Å². The summed E-state index contributed by atoms with van der Waals surface area (Å²) in [5.41, 5.74) is 6.63. The fourth-order valence-electron chi connectivity index (χ4n) is 2.69. The SMILES string of the molecule is Cc1nc([C@@H](N)C(C)C)n(CC(=O)N(C)Cc2nc3ccsc3c(=O)[nH]2)n1. The number of nitrogens with zero attached hydrogens (tertiary/aromatic N) is 5. The number of hydrogen-bond donors (Lipinski definition) is 2. The molecule has 0 fully saturated rings. The molecule has 1 atom stereocenters. The number of carbonyl (C=O) groups is 1. The minimum absolute atomic E-state index is 0.0258. The third-order valence-corrected chi connectivity index (χ3v) is 5.19. The monoisotopic (exact) mass is 389 g/mol. The Balaban J connectivity index is 1.75. The van der Waals surface area contributed by atoms with E-state index in [1.54, 1.807) is 24.7 Å². The van der Waals surface area contributed by atoms with Gasteiger partial charge in [-0.25, -0.2) is 14.6 Å². The predicted molar refractivity (Wildman–Crippen MR) is 103 cm³/mol. The van der Waals surface area contributed by atoms with Gasteiger partial charge in [-0.05, 0) is 24.3 Å². The second kappa shape index (κ2) is 7.57. The smallest absolute Gasteiger partial charge is 0.268 e. The normalized spacial score (nSPS) is 12.7. The summed E-state index contributed by atoms with van der Waals surface area (Å²) in [7, 11) is 1.66. The molecule has 3 N–H and O–H groups in total. The first-order valence-corrected chi connectivity index (χ1v) is 9.51. The molecule has 9 nitrogen and oxygen atoms in total. The van der Waals surface area contributed by atoms with Gasteiger partial charge >= 0.3 is 0 Å². The Bertz CT molecular complexity index is 1020. The number of carbonyl (C=O) groups excluding carboxylic acids is 1. The summed E-state index contributed by atoms with van der Waals surface area (Å²) in [6, 6.07) is 1.49. The van der Waals surface area contributed by atoms with Gasteiger partial charge in [-0.15, -0.1) is 11.3 Å². The quantitative estimate of drug-likeness (QED) is 0.653. The van der Waals surface area contributed by atoms with E-state index in [1.807, 2.05) is 19.2 Å². The van der Waals surface area contributed by atoms with E-state index in [-0.39, 0.29) is 36.5 Å². The van der Waals surface area contributed by atoms with Gasteiger partial charge in [0, 0.05) is 7.05 Å². The third-order valence-electron chi connectivity index (χ3n) is 4.28. The molecule has 0 unspecified atom stereocenters. The Morgan fingerprint density at radius 3 is 2.85 bits per heavy atom. The Morgan fingerprint density at radius 2 is 2.15 bits per heavy atom. The second-order valence-corrected chi connectivity index (χ2v) is 7.76. The molecule has 0 radical (unpaired) electrons. The van der Waals surface area contributed by atoms with Crippen LogP contribution in [0.15, 0.2) is 16.2 Å². The van der Waals surface area contributed by atoms with Crippen LogP contribution < -0.4 is 11.3 Å². The van der Waals surface area contributed by atoms with Crippen molar-refractivity contribution in [3.63, 3.8) is 0 Å². The number of amides is 1. The summed E-state index contributed by atoms with van der Waals surface area (Å²) in [6.45, 7) is 5.98. The zero-order valence-corrected chi connectivity index (χ0v) is 16.6. The maximum absolute atomic E-state index is 12.6. The van der Waals surface area contributed by atoms with Gasteiger partial charge in [-0.3, -0.25) is 9.59 Å². The van der Waals surface area contributed by atoms with Crippen molar-refractivity contribution < 1.29 is 4.79 Å². The van der Waals surface area contributed by atoms with Crippen molar-refractivity contribution in [1.29, 1.82) is 0 Å². The largest absolute Gasteiger partial charge is 0.337 e. The molecule has 1 amide bonds. The van der Waals surface area contributed by atoms with E-state index in [0.717, 1.165) is 0 Å². The minimum Gasteiger partial charge on any atom is -0.337 e. The van der Waals surface area contributed by atoms with Crippen molar-refractivity contribution in [2.75, 3.05) is 7.05 Å². The van der Waals surface area contributed by atoms with E-state index in [9.17, 15) is 9.59 Å². The molecule has 27 heavy (non-hydrogen) atoms. The van der Waals surface area contributed by atoms with E-state index in [2.05, 4.69) is 20.1 Å². The van der Waals surface area contributed by atoms with Crippen molar-refractivity contribution in [2.45, 2.75) is 39.9 Å². The van der Waals surface area contributed by atoms with Crippen LogP contribution in [0.1, 0.15) is 37.4 Å². The first-order valence-electron chi connectivity index (χ1n) is 8.63. The highest BCUT2D eigenvalue weighted by molar-refractivity contribution is 7.17. The summed E-state index contributed by atoms with van der Waals surface area (Å²) in [4.78, 5) is 37.7. The second-order valence-electron chi connectivity index (χ2n) is 6.84. The van der Waals surface area contributed by atoms with Gasteiger partial charge < -0.3 is 15.6 Å². The highest BCUT2D eigenvalue weighted by Crippen LogP contribution is 2.17. The topological polar surface area (TPSA) is 123 Å². The van der Waals surface area contributed by atoms with Crippen LogP contribution in [0.3, 0.4) is 0 Å². The Morgan fingerprint density at radius 1 is 1.41 bits per heavy atom. The number of nitrogens with two attached hydrogens (primary N) is 1. The van der Waals surface area contributed by atoms with Crippen LogP contribution in [0.25, 0.3) is 10.2 Å². The molecule has 3 aromatic rings. The van der Waals surface area contributed by atoms with Crippen molar-refractivity contribution in [2.24, 2.45) is 11.7 Å². The average Bonchev–Trinajstić information content (AvgIpc) is 3.20. The third kappa shape index (κ3) is 4.06. The molecule has 144 valence electrons. The van der Waals surface area contributed by atoms with Crippen LogP contribution in [-0.2, 0) is 17.9 Å². The number of aryl methyl sites for hydroxylation is 1. The van der Waals surface area contributed by atoms with E-state index in [4.69, 9.17) is 5.73 Å². The van der Waals surface area contributed by atoms with Gasteiger partial charge in [0.05, 0.1) is 18.1 Å². The summed E-state index contributed by atoms with van der Waals surface area (Å²) >= 11 is 1.34. The lowest BCUT2D eigenvalue weighted by molar-refractivity contribution is -0.131. The lowest BCUT2D eigenvalue weighted by Gasteiger charge is -2.19. The first-order chi connectivity index (χ1) is 12.8. The number of fused-ring (bicyclic) bond motifs is 1. The Hall–Kier alpha value is -2.59. The number of nitrogens with one attached hydrogen (secondary N) is 1. The number of H-pyrrole nitrogens is 1. The molecule has 0 aliphatic rings. The number of hydrogen-bond acceptors (Lipinski definition) is 7. The van der Waals surface area contributed by atoms with Gasteiger partial charge in [-0.2, -0.15) is 5.10 Å². The summed E-state index contributed by atoms with van der Waals surface area (Å²) in [5, 5.41) is 6.12. The van der Waals surface area contributed by atoms with Gasteiger partial charge in [-0.1, -0.05) is 13.8 Å². The lowest BCUT2D eigenvalue weighted by atomic mass is 10.1. The maximum Gasteiger partial charge on any atom is 0.268 e. The Kier molecular flexibility index (Phi) is 5.38. The predicted octanol–water partition coefficient (Wildman–Crippen LogP) is 1.20. The lowest BCUT2D eigenvalue weighted by Crippen LogP contribution is -2.33. The van der Waals surface area contributed by atoms with E-state index >= 15 is 0 Å². The average molecular weight is 389 g/mol. The molecule has 0 spiro atoms. The standard InChI is InChI=1S/C17H23N7O2S/c1-9(2)14(18)16-19-10(3)22-24(16)8-13(25)23(4)7-12-20-11-5-6-27-15(11)17(26)21-12/h5-6,9,14H,7-8,18H2,1-4H3,(H,20,21,26)/t14-/m0/s1. The van der Waals surface area contributed by atoms with Crippen molar-refractivity contribution in [3.05, 3.63) is 39.3 Å². The van der Waals surface area contributed by atoms with Gasteiger partial charge in [0.25, 0.3) is 5.56 Å². The number of likely N-dealkylation sites (N-methyl/N-ethyl adjacent to an activating group) is 1. The van der Waals surface area contributed by atoms with Crippen LogP contribution in [0.2, 0.25) is 0 Å². The number of aromatic amines is 1. The summed E-state index contributed by atoms with van der Waals surface area (Å²) < 4.78 is 2.13. The molecule has 0 aliphatic carbocycles. The molecule has 0 saturated carbocycles. The highest BCUT2D eigenvalue weighted by Gasteiger charge is 2.21. The first kappa shape index (κ1) is 19.2. The number of rotatable bonds is 6. The molecule has 3 rings (SSSR count). The van der Waals surface area contributed by atoms with Gasteiger partial charge in [0.1, 0.15) is 28.7 Å². The molecule has 3 heterocycles. The zero-order chi connectivity index (χ0) is 19.7. The summed E-state index contributed by atoms with van der Waals surface area (Å²) in [6.07, 6.45) is 0. The van der Waals surface area contributed by atoms with E-state index < -0.39 is 0 Å². The van der Waals surface area contributed by atoms with Crippen LogP contribution in [0.5, 0.6) is 0 Å².